The van der Waals surface area contributed by atoms with Crippen LogP contribution in [0.15, 0.2) is 41.8 Å². The summed E-state index contributed by atoms with van der Waals surface area (Å²) in [6.07, 6.45) is 6.66. The van der Waals surface area contributed by atoms with Crippen LogP contribution in [0.1, 0.15) is 12.7 Å². The standard InChI is InChI=1S/C14H16N3OSi/c1-11-5-4-6-13(14(11)18-19(2)3)17-10-12-9-15-7-8-16-12/h4-10H,1-3H3/p+1. The van der Waals surface area contributed by atoms with Crippen molar-refractivity contribution >= 4 is 20.9 Å². The van der Waals surface area contributed by atoms with Crippen molar-refractivity contribution in [3.05, 3.63) is 48.0 Å². The third-order valence-electron chi connectivity index (χ3n) is 2.42. The van der Waals surface area contributed by atoms with Crippen molar-refractivity contribution < 1.29 is 5.85 Å². The third-order valence-corrected chi connectivity index (χ3v) is 3.03. The van der Waals surface area contributed by atoms with E-state index < -0.39 is 9.04 Å². The van der Waals surface area contributed by atoms with Gasteiger partial charge in [0.15, 0.2) is 0 Å². The van der Waals surface area contributed by atoms with Gasteiger partial charge in [-0.2, -0.15) is 0 Å². The number of aromatic nitrogens is 2. The van der Waals surface area contributed by atoms with Gasteiger partial charge in [-0.1, -0.05) is 12.1 Å². The van der Waals surface area contributed by atoms with Gasteiger partial charge in [0.05, 0.1) is 18.1 Å². The predicted octanol–water partition coefficient (Wildman–Crippen LogP) is 3.28. The summed E-state index contributed by atoms with van der Waals surface area (Å²) in [5.41, 5.74) is 2.66. The summed E-state index contributed by atoms with van der Waals surface area (Å²) in [6, 6.07) is 5.95. The third kappa shape index (κ3) is 3.72. The quantitative estimate of drug-likeness (QED) is 0.633. The maximum absolute atomic E-state index is 5.92. The molecular weight excluding hydrogens is 254 g/mol. The second kappa shape index (κ2) is 6.24. The van der Waals surface area contributed by atoms with Gasteiger partial charge in [-0.25, -0.2) is 0 Å². The molecule has 2 rings (SSSR count). The minimum Gasteiger partial charge on any atom is -0.541 e. The summed E-state index contributed by atoms with van der Waals surface area (Å²) in [4.78, 5) is 12.6. The van der Waals surface area contributed by atoms with Crippen molar-refractivity contribution in [3.63, 3.8) is 0 Å². The molecule has 0 fully saturated rings. The number of aliphatic imine (C=N–C) groups is 1. The van der Waals surface area contributed by atoms with Gasteiger partial charge in [-0.15, -0.1) is 0 Å². The lowest BCUT2D eigenvalue weighted by Crippen LogP contribution is -2.12. The fourth-order valence-corrected chi connectivity index (χ4v) is 2.26. The van der Waals surface area contributed by atoms with E-state index in [0.717, 1.165) is 22.7 Å². The van der Waals surface area contributed by atoms with Crippen LogP contribution in [0.3, 0.4) is 0 Å². The Morgan fingerprint density at radius 1 is 1.32 bits per heavy atom. The smallest absolute Gasteiger partial charge is 0.541 e. The molecule has 1 aromatic carbocycles. The number of nitrogens with zero attached hydrogens (tertiary/aromatic N) is 3. The normalized spacial score (nSPS) is 11.2. The van der Waals surface area contributed by atoms with Crippen molar-refractivity contribution in [3.8, 4) is 5.75 Å². The van der Waals surface area contributed by atoms with Gasteiger partial charge in [0.25, 0.3) is 9.04 Å². The predicted molar refractivity (Wildman–Crippen MR) is 79.7 cm³/mol. The van der Waals surface area contributed by atoms with Crippen LogP contribution in [-0.4, -0.2) is 25.2 Å². The Hall–Kier alpha value is -2.01. The monoisotopic (exact) mass is 271 g/mol. The van der Waals surface area contributed by atoms with Crippen molar-refractivity contribution in [2.75, 3.05) is 0 Å². The Morgan fingerprint density at radius 3 is 2.84 bits per heavy atom. The Kier molecular flexibility index (Phi) is 4.41. The maximum atomic E-state index is 5.92. The van der Waals surface area contributed by atoms with Crippen LogP contribution < -0.4 is 4.43 Å². The van der Waals surface area contributed by atoms with E-state index in [1.54, 1.807) is 24.8 Å². The first-order valence-corrected chi connectivity index (χ1v) is 8.45. The van der Waals surface area contributed by atoms with Gasteiger partial charge in [0.1, 0.15) is 11.4 Å². The summed E-state index contributed by atoms with van der Waals surface area (Å²) in [5, 5.41) is 0. The molecule has 1 heterocycles. The Labute approximate surface area is 116 Å². The van der Waals surface area contributed by atoms with E-state index >= 15 is 0 Å². The zero-order chi connectivity index (χ0) is 13.7. The van der Waals surface area contributed by atoms with Crippen LogP contribution in [0, 0.1) is 6.92 Å². The lowest BCUT2D eigenvalue weighted by molar-refractivity contribution is 0.577. The van der Waals surface area contributed by atoms with Gasteiger partial charge in [-0.3, -0.25) is 15.0 Å². The van der Waals surface area contributed by atoms with Gasteiger partial charge in [-0.05, 0) is 31.6 Å². The number of hydrogen-bond donors (Lipinski definition) is 0. The molecule has 0 atom stereocenters. The number of aryl methyl sites for hydroxylation is 1. The first-order chi connectivity index (χ1) is 9.16. The summed E-state index contributed by atoms with van der Waals surface area (Å²) < 4.78 is 5.92. The lowest BCUT2D eigenvalue weighted by atomic mass is 10.2. The van der Waals surface area contributed by atoms with Gasteiger partial charge in [0.2, 0.25) is 0 Å². The van der Waals surface area contributed by atoms with Crippen LogP contribution in [-0.2, 0) is 0 Å². The molecule has 0 unspecified atom stereocenters. The highest BCUT2D eigenvalue weighted by Gasteiger charge is 2.08. The number of hydrogen-bond acceptors (Lipinski definition) is 4. The molecule has 2 aromatic rings. The number of para-hydroxylation sites is 1. The molecule has 0 N–H and O–H groups in total. The molecule has 0 aliphatic rings. The molecule has 0 bridgehead atoms. The van der Waals surface area contributed by atoms with Crippen molar-refractivity contribution in [1.29, 1.82) is 0 Å². The van der Waals surface area contributed by atoms with Gasteiger partial charge in [0, 0.05) is 12.4 Å². The Bertz CT molecular complexity index is 576. The first kappa shape index (κ1) is 13.4. The highest BCUT2D eigenvalue weighted by molar-refractivity contribution is 6.49. The molecule has 5 heteroatoms. The second-order valence-electron chi connectivity index (χ2n) is 4.32. The van der Waals surface area contributed by atoms with Crippen LogP contribution in [0.5, 0.6) is 5.75 Å². The maximum Gasteiger partial charge on any atom is 1.00 e. The minimum absolute atomic E-state index is 0. The van der Waals surface area contributed by atoms with E-state index in [4.69, 9.17) is 4.43 Å². The zero-order valence-corrected chi connectivity index (χ0v) is 12.3. The molecule has 0 saturated carbocycles. The Balaban J connectivity index is 0.00000200. The highest BCUT2D eigenvalue weighted by atomic mass is 28.3. The summed E-state index contributed by atoms with van der Waals surface area (Å²) in [5.74, 6) is 0.863. The molecule has 0 aliphatic carbocycles. The minimum atomic E-state index is -0.815. The van der Waals surface area contributed by atoms with Crippen molar-refractivity contribution in [1.82, 2.24) is 9.97 Å². The molecule has 0 aliphatic heterocycles. The molecule has 97 valence electrons. The van der Waals surface area contributed by atoms with Crippen molar-refractivity contribution in [2.45, 2.75) is 20.0 Å². The van der Waals surface area contributed by atoms with Gasteiger partial charge >= 0.3 is 1.43 Å². The van der Waals surface area contributed by atoms with E-state index in [-0.39, 0.29) is 1.43 Å². The fourth-order valence-electron chi connectivity index (χ4n) is 1.59. The average Bonchev–Trinajstić information content (AvgIpc) is 2.40. The van der Waals surface area contributed by atoms with Crippen LogP contribution >= 0.6 is 0 Å². The SMILES string of the molecule is Cc1cccc(N=Cc2cnccn2)c1O[Si](C)C.[H+]. The zero-order valence-electron chi connectivity index (χ0n) is 12.3. The molecule has 1 aromatic heterocycles. The van der Waals surface area contributed by atoms with E-state index in [9.17, 15) is 0 Å². The molecule has 19 heavy (non-hydrogen) atoms. The summed E-state index contributed by atoms with van der Waals surface area (Å²) >= 11 is 0. The van der Waals surface area contributed by atoms with Crippen LogP contribution in [0.2, 0.25) is 13.1 Å². The molecule has 4 nitrogen and oxygen atoms in total. The number of rotatable bonds is 4. The van der Waals surface area contributed by atoms with E-state index in [1.165, 1.54) is 0 Å². The van der Waals surface area contributed by atoms with Crippen LogP contribution in [0.4, 0.5) is 5.69 Å². The molecule has 0 spiro atoms. The van der Waals surface area contributed by atoms with Crippen molar-refractivity contribution in [2.24, 2.45) is 4.99 Å². The molecule has 0 amide bonds. The molecule has 0 saturated heterocycles. The van der Waals surface area contributed by atoms with E-state index in [0.29, 0.717) is 0 Å². The topological polar surface area (TPSA) is 47.4 Å². The summed E-state index contributed by atoms with van der Waals surface area (Å²) in [6.45, 7) is 6.24. The van der Waals surface area contributed by atoms with Crippen LogP contribution in [0.25, 0.3) is 0 Å². The average molecular weight is 271 g/mol. The fraction of sp³-hybridized carbons (Fsp3) is 0.214. The summed E-state index contributed by atoms with van der Waals surface area (Å²) in [7, 11) is -0.815. The van der Waals surface area contributed by atoms with Gasteiger partial charge < -0.3 is 4.43 Å². The molecular formula is C14H17N3OSi+. The van der Waals surface area contributed by atoms with E-state index in [2.05, 4.69) is 28.1 Å². The molecule has 1 radical (unpaired) electrons. The largest absolute Gasteiger partial charge is 1.00 e. The second-order valence-corrected chi connectivity index (χ2v) is 6.34. The lowest BCUT2D eigenvalue weighted by Gasteiger charge is -2.13. The number of benzene rings is 1. The first-order valence-electron chi connectivity index (χ1n) is 6.04. The highest BCUT2D eigenvalue weighted by Crippen LogP contribution is 2.31. The van der Waals surface area contributed by atoms with E-state index in [1.807, 2.05) is 25.1 Å². The Morgan fingerprint density at radius 2 is 2.16 bits per heavy atom.